The molecule has 35 heavy (non-hydrogen) atoms. The lowest BCUT2D eigenvalue weighted by Crippen LogP contribution is -2.46. The number of carbonyl (C=O) groups excluding carboxylic acids is 1. The summed E-state index contributed by atoms with van der Waals surface area (Å²) in [6.07, 6.45) is 3.82. The number of benzene rings is 2. The lowest BCUT2D eigenvalue weighted by atomic mass is 9.77. The van der Waals surface area contributed by atoms with Crippen LogP contribution < -0.4 is 4.83 Å². The van der Waals surface area contributed by atoms with E-state index in [1.165, 1.54) is 29.3 Å². The summed E-state index contributed by atoms with van der Waals surface area (Å²) >= 11 is 0. The van der Waals surface area contributed by atoms with Crippen LogP contribution in [-0.4, -0.2) is 48.7 Å². The number of fused-ring (bicyclic) bond motifs is 5. The van der Waals surface area contributed by atoms with E-state index in [1.807, 2.05) is 24.0 Å². The van der Waals surface area contributed by atoms with Crippen molar-refractivity contribution in [1.82, 2.24) is 14.7 Å². The largest absolute Gasteiger partial charge is 0.396 e. The molecule has 0 aliphatic carbocycles. The highest BCUT2D eigenvalue weighted by atomic mass is 32.2. The molecule has 9 heteroatoms. The van der Waals surface area contributed by atoms with Crippen molar-refractivity contribution in [2.75, 3.05) is 13.2 Å². The minimum atomic E-state index is -3.75. The van der Waals surface area contributed by atoms with Gasteiger partial charge in [0.15, 0.2) is 0 Å². The van der Waals surface area contributed by atoms with E-state index in [0.717, 1.165) is 29.6 Å². The Morgan fingerprint density at radius 3 is 2.77 bits per heavy atom. The molecule has 5 rings (SSSR count). The van der Waals surface area contributed by atoms with Crippen molar-refractivity contribution in [2.45, 2.75) is 43.5 Å². The number of sulfonamides is 1. The number of aliphatic hydroxyl groups is 1. The van der Waals surface area contributed by atoms with Crippen molar-refractivity contribution in [1.29, 1.82) is 0 Å². The van der Waals surface area contributed by atoms with Crippen LogP contribution in [0.4, 0.5) is 0 Å². The van der Waals surface area contributed by atoms with Crippen LogP contribution in [0.5, 0.6) is 0 Å². The Morgan fingerprint density at radius 1 is 1.23 bits per heavy atom. The minimum absolute atomic E-state index is 0.0220. The van der Waals surface area contributed by atoms with E-state index in [1.54, 1.807) is 12.1 Å². The molecule has 2 aromatic carbocycles. The molecular weight excluding hydrogens is 464 g/mol. The Bertz CT molecular complexity index is 1360. The number of piperidine rings is 1. The fourth-order valence-electron chi connectivity index (χ4n) is 5.41. The first kappa shape index (κ1) is 23.6. The molecule has 2 aliphatic rings. The molecule has 1 aromatic heterocycles. The van der Waals surface area contributed by atoms with E-state index in [0.29, 0.717) is 19.4 Å². The molecule has 1 fully saturated rings. The molecular formula is C26H30N4O4S. The van der Waals surface area contributed by atoms with Crippen LogP contribution in [0, 0.1) is 18.8 Å². The van der Waals surface area contributed by atoms with Gasteiger partial charge in [-0.05, 0) is 61.8 Å². The summed E-state index contributed by atoms with van der Waals surface area (Å²) in [5.74, 6) is -0.110. The highest BCUT2D eigenvalue weighted by Gasteiger charge is 2.41. The van der Waals surface area contributed by atoms with Crippen molar-refractivity contribution in [3.8, 4) is 0 Å². The van der Waals surface area contributed by atoms with Gasteiger partial charge in [0.25, 0.3) is 10.0 Å². The Labute approximate surface area is 205 Å². The number of H-pyrrole nitrogens is 1. The van der Waals surface area contributed by atoms with Gasteiger partial charge in [0.05, 0.1) is 10.9 Å². The normalized spacial score (nSPS) is 21.2. The van der Waals surface area contributed by atoms with E-state index in [-0.39, 0.29) is 35.3 Å². The number of aliphatic hydroxyl groups excluding tert-OH is 1. The number of nitrogens with zero attached hydrogens (tertiary/aromatic N) is 2. The third-order valence-electron chi connectivity index (χ3n) is 7.35. The fraction of sp³-hybridized carbons (Fsp3) is 0.385. The molecule has 3 heterocycles. The molecule has 1 saturated heterocycles. The standard InChI is InChI=1S/C26H30N4O4S/c1-17-6-8-20(9-7-17)35(33,34)29-27-12-10-18(16-31)19-14-24-26-22(11-13-30(24)25(32)15-19)21-4-2-3-5-23(21)28-26/h2-9,12,18-19,24,28-29,31H,10-11,13-16H2,1H3/b27-12+/t18-,19+,24-/m0/s1. The summed E-state index contributed by atoms with van der Waals surface area (Å²) in [5, 5.41) is 15.2. The molecule has 0 radical (unpaired) electrons. The zero-order chi connectivity index (χ0) is 24.6. The molecule has 3 N–H and O–H groups in total. The van der Waals surface area contributed by atoms with Crippen molar-refractivity contribution in [3.05, 3.63) is 65.4 Å². The molecule has 3 atom stereocenters. The van der Waals surface area contributed by atoms with E-state index < -0.39 is 10.0 Å². The van der Waals surface area contributed by atoms with Crippen LogP contribution in [-0.2, 0) is 21.2 Å². The highest BCUT2D eigenvalue weighted by molar-refractivity contribution is 7.89. The summed E-state index contributed by atoms with van der Waals surface area (Å²) in [4.78, 5) is 20.9. The average Bonchev–Trinajstić information content (AvgIpc) is 3.23. The number of rotatable bonds is 7. The van der Waals surface area contributed by atoms with Crippen molar-refractivity contribution in [2.24, 2.45) is 16.9 Å². The van der Waals surface area contributed by atoms with Gasteiger partial charge < -0.3 is 15.0 Å². The minimum Gasteiger partial charge on any atom is -0.396 e. The monoisotopic (exact) mass is 494 g/mol. The Morgan fingerprint density at radius 2 is 2.00 bits per heavy atom. The Kier molecular flexibility index (Phi) is 6.37. The van der Waals surface area contributed by atoms with E-state index in [2.05, 4.69) is 27.0 Å². The number of amides is 1. The van der Waals surface area contributed by atoms with E-state index in [9.17, 15) is 18.3 Å². The number of hydrogen-bond donors (Lipinski definition) is 3. The average molecular weight is 495 g/mol. The number of aryl methyl sites for hydroxylation is 1. The number of aromatic amines is 1. The maximum Gasteiger partial charge on any atom is 0.276 e. The molecule has 0 bridgehead atoms. The van der Waals surface area contributed by atoms with Crippen LogP contribution in [0.2, 0.25) is 0 Å². The first-order chi connectivity index (χ1) is 16.9. The molecule has 0 spiro atoms. The van der Waals surface area contributed by atoms with E-state index in [4.69, 9.17) is 0 Å². The smallest absolute Gasteiger partial charge is 0.276 e. The Hall–Kier alpha value is -3.17. The first-order valence-corrected chi connectivity index (χ1v) is 13.5. The predicted octanol–water partition coefficient (Wildman–Crippen LogP) is 3.28. The van der Waals surface area contributed by atoms with Gasteiger partial charge in [0.1, 0.15) is 0 Å². The van der Waals surface area contributed by atoms with Gasteiger partial charge in [0.2, 0.25) is 5.91 Å². The van der Waals surface area contributed by atoms with Gasteiger partial charge in [-0.15, -0.1) is 0 Å². The molecule has 0 unspecified atom stereocenters. The lowest BCUT2D eigenvalue weighted by molar-refractivity contribution is -0.140. The number of hydrazone groups is 1. The number of carbonyl (C=O) groups is 1. The van der Waals surface area contributed by atoms with Gasteiger partial charge in [-0.3, -0.25) is 4.79 Å². The summed E-state index contributed by atoms with van der Waals surface area (Å²) in [7, 11) is -3.75. The van der Waals surface area contributed by atoms with Gasteiger partial charge in [-0.2, -0.15) is 13.5 Å². The third-order valence-corrected chi connectivity index (χ3v) is 8.59. The fourth-order valence-corrected chi connectivity index (χ4v) is 6.23. The lowest BCUT2D eigenvalue weighted by Gasteiger charge is -2.43. The quantitative estimate of drug-likeness (QED) is 0.345. The zero-order valence-corrected chi connectivity index (χ0v) is 20.5. The van der Waals surface area contributed by atoms with Gasteiger partial charge in [0, 0.05) is 42.4 Å². The summed E-state index contributed by atoms with van der Waals surface area (Å²) in [6, 6.07) is 14.7. The first-order valence-electron chi connectivity index (χ1n) is 12.0. The molecule has 2 aliphatic heterocycles. The highest BCUT2D eigenvalue weighted by Crippen LogP contribution is 2.43. The zero-order valence-electron chi connectivity index (χ0n) is 19.6. The van der Waals surface area contributed by atoms with Crippen LogP contribution in [0.25, 0.3) is 10.9 Å². The van der Waals surface area contributed by atoms with E-state index >= 15 is 0 Å². The van der Waals surface area contributed by atoms with Crippen molar-refractivity contribution in [3.63, 3.8) is 0 Å². The second kappa shape index (κ2) is 9.47. The second-order valence-corrected chi connectivity index (χ2v) is 11.2. The predicted molar refractivity (Wildman–Crippen MR) is 134 cm³/mol. The van der Waals surface area contributed by atoms with Gasteiger partial charge in [-0.1, -0.05) is 35.9 Å². The number of aromatic nitrogens is 1. The van der Waals surface area contributed by atoms with Crippen molar-refractivity contribution < 1.29 is 18.3 Å². The summed E-state index contributed by atoms with van der Waals surface area (Å²) < 4.78 is 24.8. The second-order valence-electron chi connectivity index (χ2n) is 9.51. The molecule has 3 aromatic rings. The molecule has 1 amide bonds. The number of nitrogens with one attached hydrogen (secondary N) is 2. The summed E-state index contributed by atoms with van der Waals surface area (Å²) in [5.41, 5.74) is 4.44. The molecule has 0 saturated carbocycles. The number of para-hydroxylation sites is 1. The molecule has 184 valence electrons. The summed E-state index contributed by atoms with van der Waals surface area (Å²) in [6.45, 7) is 2.50. The van der Waals surface area contributed by atoms with Gasteiger partial charge >= 0.3 is 0 Å². The van der Waals surface area contributed by atoms with Crippen LogP contribution in [0.1, 0.15) is 42.1 Å². The molecule has 8 nitrogen and oxygen atoms in total. The number of hydrogen-bond acceptors (Lipinski definition) is 5. The van der Waals surface area contributed by atoms with Gasteiger partial charge in [-0.25, -0.2) is 4.83 Å². The Balaban J connectivity index is 1.28. The third kappa shape index (κ3) is 4.58. The topological polar surface area (TPSA) is 115 Å². The van der Waals surface area contributed by atoms with Crippen LogP contribution >= 0.6 is 0 Å². The van der Waals surface area contributed by atoms with Crippen LogP contribution in [0.15, 0.2) is 58.5 Å². The van der Waals surface area contributed by atoms with Crippen molar-refractivity contribution >= 4 is 33.0 Å². The SMILES string of the molecule is Cc1ccc(S(=O)(=O)N/N=C/C[C@@H](CO)[C@H]2CC(=O)N3CCc4c([nH]c5ccccc45)[C@@H]3C2)cc1. The van der Waals surface area contributed by atoms with Crippen LogP contribution in [0.3, 0.4) is 0 Å². The maximum absolute atomic E-state index is 13.0. The maximum atomic E-state index is 13.0.